The van der Waals surface area contributed by atoms with Gasteiger partial charge in [0.05, 0.1) is 39.9 Å². The summed E-state index contributed by atoms with van der Waals surface area (Å²) in [5.74, 6) is -0.179. The molecule has 0 aliphatic carbocycles. The number of quaternary nitrogens is 1. The summed E-state index contributed by atoms with van der Waals surface area (Å²) in [5, 5.41) is 13.5. The van der Waals surface area contributed by atoms with Crippen LogP contribution >= 0.6 is 7.82 Å². The number of carbonyl (C=O) groups excluding carboxylic acids is 1. The van der Waals surface area contributed by atoms with Gasteiger partial charge in [0.1, 0.15) is 13.2 Å². The normalized spacial score (nSPS) is 14.9. The van der Waals surface area contributed by atoms with Crippen LogP contribution in [0, 0.1) is 0 Å². The van der Waals surface area contributed by atoms with E-state index in [4.69, 9.17) is 9.05 Å². The first kappa shape index (κ1) is 54.2. The summed E-state index contributed by atoms with van der Waals surface area (Å²) in [6.07, 6.45) is 50.5. The van der Waals surface area contributed by atoms with Crippen LogP contribution in [0.25, 0.3) is 0 Å². The number of aliphatic hydroxyl groups excluding tert-OH is 1. The minimum absolute atomic E-state index is 0.00895. The Labute approximate surface area is 345 Å². The number of allylic oxidation sites excluding steroid dienone is 10. The number of unbranched alkanes of at least 4 members (excludes halogenated alkanes) is 17. The molecular formula is C47H87N2O6P. The molecule has 0 aliphatic rings. The largest absolute Gasteiger partial charge is 0.756 e. The number of rotatable bonds is 40. The van der Waals surface area contributed by atoms with Crippen molar-refractivity contribution >= 4 is 13.7 Å². The zero-order valence-electron chi connectivity index (χ0n) is 36.8. The third kappa shape index (κ3) is 40.4. The second-order valence-electron chi connectivity index (χ2n) is 16.4. The molecule has 56 heavy (non-hydrogen) atoms. The highest BCUT2D eigenvalue weighted by atomic mass is 31.2. The molecule has 0 spiro atoms. The summed E-state index contributed by atoms with van der Waals surface area (Å²) in [4.78, 5) is 25.0. The molecule has 0 aliphatic heterocycles. The summed E-state index contributed by atoms with van der Waals surface area (Å²) in [5.41, 5.74) is 0. The smallest absolute Gasteiger partial charge is 0.268 e. The molecule has 0 saturated carbocycles. The molecule has 9 heteroatoms. The standard InChI is InChI=1S/C47H87N2O6P/c1-6-8-10-11-12-13-14-15-16-17-18-19-20-21-22-23-24-25-26-27-28-29-30-31-32-33-34-35-36-37-39-41-47(51)48-45(46(50)40-38-9-7-2)44-55-56(52,53)54-43-42-49(3,4)5/h8,10,12-13,15-16,18-19,21-22,45-46,50H,6-7,9,11,14,17,20,23-44H2,1-5H3,(H-,48,51,52,53)/b10-8-,13-12-,16-15-,19-18-,22-21-. The van der Waals surface area contributed by atoms with Crippen LogP contribution in [0.2, 0.25) is 0 Å². The van der Waals surface area contributed by atoms with Crippen molar-refractivity contribution in [3.63, 3.8) is 0 Å². The lowest BCUT2D eigenvalue weighted by Crippen LogP contribution is -2.46. The van der Waals surface area contributed by atoms with E-state index in [9.17, 15) is 19.4 Å². The van der Waals surface area contributed by atoms with Gasteiger partial charge in [-0.15, -0.1) is 0 Å². The third-order valence-corrected chi connectivity index (χ3v) is 10.7. The summed E-state index contributed by atoms with van der Waals surface area (Å²) >= 11 is 0. The van der Waals surface area contributed by atoms with E-state index < -0.39 is 20.0 Å². The SMILES string of the molecule is CC/C=C\C/C=C\C/C=C\C/C=C\C/C=C\CCCCCCCCCCCCCCCCCC(=O)NC(COP(=O)([O-])OCC[N+](C)(C)C)C(O)CCCCC. The fraction of sp³-hybridized carbons (Fsp3) is 0.766. The molecule has 0 aromatic rings. The van der Waals surface area contributed by atoms with Gasteiger partial charge in [-0.3, -0.25) is 9.36 Å². The van der Waals surface area contributed by atoms with Crippen LogP contribution in [0.15, 0.2) is 60.8 Å². The fourth-order valence-corrected chi connectivity index (χ4v) is 6.91. The van der Waals surface area contributed by atoms with Crippen molar-refractivity contribution in [3.8, 4) is 0 Å². The molecule has 0 radical (unpaired) electrons. The fourth-order valence-electron chi connectivity index (χ4n) is 6.18. The summed E-state index contributed by atoms with van der Waals surface area (Å²) in [6.45, 7) is 4.42. The second kappa shape index (κ2) is 38.7. The van der Waals surface area contributed by atoms with Crippen LogP contribution < -0.4 is 10.2 Å². The van der Waals surface area contributed by atoms with E-state index in [2.05, 4.69) is 79.9 Å². The van der Waals surface area contributed by atoms with Gasteiger partial charge in [0.15, 0.2) is 0 Å². The van der Waals surface area contributed by atoms with E-state index in [-0.39, 0.29) is 19.1 Å². The number of carbonyl (C=O) groups is 1. The molecule has 0 saturated heterocycles. The van der Waals surface area contributed by atoms with Crippen molar-refractivity contribution in [1.29, 1.82) is 0 Å². The predicted molar refractivity (Wildman–Crippen MR) is 237 cm³/mol. The monoisotopic (exact) mass is 807 g/mol. The Hall–Kier alpha value is -1.80. The Bertz CT molecular complexity index is 1100. The molecule has 3 unspecified atom stereocenters. The highest BCUT2D eigenvalue weighted by Crippen LogP contribution is 2.38. The van der Waals surface area contributed by atoms with Crippen LogP contribution in [0.1, 0.15) is 181 Å². The van der Waals surface area contributed by atoms with Crippen molar-refractivity contribution in [1.82, 2.24) is 5.32 Å². The van der Waals surface area contributed by atoms with Crippen LogP contribution in [-0.4, -0.2) is 68.5 Å². The first-order chi connectivity index (χ1) is 27.0. The molecule has 326 valence electrons. The lowest BCUT2D eigenvalue weighted by molar-refractivity contribution is -0.870. The molecule has 8 nitrogen and oxygen atoms in total. The molecule has 2 N–H and O–H groups in total. The van der Waals surface area contributed by atoms with Crippen molar-refractivity contribution in [2.24, 2.45) is 0 Å². The first-order valence-electron chi connectivity index (χ1n) is 22.6. The minimum Gasteiger partial charge on any atom is -0.756 e. The predicted octanol–water partition coefficient (Wildman–Crippen LogP) is 12.0. The van der Waals surface area contributed by atoms with E-state index in [1.165, 1.54) is 83.5 Å². The van der Waals surface area contributed by atoms with E-state index in [0.29, 0.717) is 23.9 Å². The van der Waals surface area contributed by atoms with Gasteiger partial charge < -0.3 is 28.8 Å². The van der Waals surface area contributed by atoms with Crippen molar-refractivity contribution < 1.29 is 32.9 Å². The van der Waals surface area contributed by atoms with Gasteiger partial charge >= 0.3 is 0 Å². The quantitative estimate of drug-likeness (QED) is 0.0276. The Morgan fingerprint density at radius 2 is 1.09 bits per heavy atom. The summed E-state index contributed by atoms with van der Waals surface area (Å²) in [7, 11) is 1.29. The van der Waals surface area contributed by atoms with Gasteiger partial charge in [-0.05, 0) is 57.8 Å². The molecule has 0 heterocycles. The Balaban J connectivity index is 3.81. The number of hydrogen-bond acceptors (Lipinski definition) is 6. The molecule has 0 bridgehead atoms. The number of nitrogens with zero attached hydrogens (tertiary/aromatic N) is 1. The summed E-state index contributed by atoms with van der Waals surface area (Å²) < 4.78 is 22.9. The van der Waals surface area contributed by atoms with Crippen LogP contribution in [0.3, 0.4) is 0 Å². The van der Waals surface area contributed by atoms with Gasteiger partial charge in [0.25, 0.3) is 7.82 Å². The maximum atomic E-state index is 12.7. The zero-order valence-corrected chi connectivity index (χ0v) is 37.7. The summed E-state index contributed by atoms with van der Waals surface area (Å²) in [6, 6.07) is -0.797. The topological polar surface area (TPSA) is 108 Å². The maximum Gasteiger partial charge on any atom is 0.268 e. The second-order valence-corrected chi connectivity index (χ2v) is 17.8. The zero-order chi connectivity index (χ0) is 41.4. The number of nitrogens with one attached hydrogen (secondary N) is 1. The average molecular weight is 807 g/mol. The van der Waals surface area contributed by atoms with Crippen LogP contribution in [0.5, 0.6) is 0 Å². The number of aliphatic hydroxyl groups is 1. The molecule has 3 atom stereocenters. The van der Waals surface area contributed by atoms with Crippen molar-refractivity contribution in [3.05, 3.63) is 60.8 Å². The third-order valence-electron chi connectivity index (χ3n) is 9.77. The number of phosphoric ester groups is 1. The van der Waals surface area contributed by atoms with Crippen LogP contribution in [-0.2, 0) is 18.4 Å². The molecular weight excluding hydrogens is 719 g/mol. The van der Waals surface area contributed by atoms with E-state index in [0.717, 1.165) is 70.6 Å². The number of phosphoric acid groups is 1. The molecule has 0 aromatic heterocycles. The Morgan fingerprint density at radius 1 is 0.643 bits per heavy atom. The molecule has 1 amide bonds. The van der Waals surface area contributed by atoms with Gasteiger partial charge in [0.2, 0.25) is 5.91 Å². The van der Waals surface area contributed by atoms with Gasteiger partial charge in [-0.25, -0.2) is 0 Å². The maximum absolute atomic E-state index is 12.7. The van der Waals surface area contributed by atoms with Crippen molar-refractivity contribution in [2.75, 3.05) is 40.9 Å². The molecule has 0 fully saturated rings. The van der Waals surface area contributed by atoms with Gasteiger partial charge in [0, 0.05) is 6.42 Å². The van der Waals surface area contributed by atoms with Crippen LogP contribution in [0.4, 0.5) is 0 Å². The number of hydrogen-bond donors (Lipinski definition) is 2. The Morgan fingerprint density at radius 3 is 1.55 bits per heavy atom. The lowest BCUT2D eigenvalue weighted by Gasteiger charge is -2.30. The molecule has 0 aromatic carbocycles. The Kier molecular flexibility index (Phi) is 37.5. The minimum atomic E-state index is -4.54. The van der Waals surface area contributed by atoms with E-state index >= 15 is 0 Å². The van der Waals surface area contributed by atoms with E-state index in [1.807, 2.05) is 21.1 Å². The highest BCUT2D eigenvalue weighted by molar-refractivity contribution is 7.45. The highest BCUT2D eigenvalue weighted by Gasteiger charge is 2.24. The van der Waals surface area contributed by atoms with E-state index in [1.54, 1.807) is 0 Å². The van der Waals surface area contributed by atoms with Gasteiger partial charge in [-0.1, -0.05) is 177 Å². The lowest BCUT2D eigenvalue weighted by atomic mass is 10.0. The van der Waals surface area contributed by atoms with Crippen molar-refractivity contribution in [2.45, 2.75) is 193 Å². The average Bonchev–Trinajstić information content (AvgIpc) is 3.15. The number of likely N-dealkylation sites (N-methyl/N-ethyl adjacent to an activating group) is 1. The van der Waals surface area contributed by atoms with Gasteiger partial charge in [-0.2, -0.15) is 0 Å². The number of amides is 1. The molecule has 0 rings (SSSR count). The first-order valence-corrected chi connectivity index (χ1v) is 24.1.